The Balaban J connectivity index is 2.39. The molecule has 18 heavy (non-hydrogen) atoms. The summed E-state index contributed by atoms with van der Waals surface area (Å²) in [6.45, 7) is 4.25. The number of rotatable bonds is 6. The molecule has 100 valence electrons. The predicted molar refractivity (Wildman–Crippen MR) is 70.6 cm³/mol. The van der Waals surface area contributed by atoms with Gasteiger partial charge < -0.3 is 15.7 Å². The number of thiophene rings is 1. The Morgan fingerprint density at radius 3 is 2.67 bits per heavy atom. The number of urea groups is 1. The van der Waals surface area contributed by atoms with E-state index in [0.717, 1.165) is 4.88 Å². The van der Waals surface area contributed by atoms with Gasteiger partial charge in [0.05, 0.1) is 6.54 Å². The molecule has 6 heteroatoms. The molecule has 5 nitrogen and oxygen atoms in total. The maximum Gasteiger partial charge on any atom is 0.326 e. The highest BCUT2D eigenvalue weighted by Gasteiger charge is 2.20. The van der Waals surface area contributed by atoms with Crippen LogP contribution in [0.15, 0.2) is 17.5 Å². The molecule has 0 aromatic carbocycles. The Hall–Kier alpha value is -1.56. The molecule has 0 fully saturated rings. The second-order valence-corrected chi connectivity index (χ2v) is 5.46. The maximum absolute atomic E-state index is 11.6. The average molecular weight is 270 g/mol. The molecule has 0 radical (unpaired) electrons. The molecule has 1 heterocycles. The molecule has 0 bridgehead atoms. The van der Waals surface area contributed by atoms with E-state index in [0.29, 0.717) is 13.0 Å². The van der Waals surface area contributed by atoms with Crippen LogP contribution in [0.1, 0.15) is 25.1 Å². The van der Waals surface area contributed by atoms with Crippen LogP contribution in [0, 0.1) is 5.92 Å². The Morgan fingerprint density at radius 2 is 2.17 bits per heavy atom. The first-order chi connectivity index (χ1) is 8.49. The molecule has 1 unspecified atom stereocenters. The monoisotopic (exact) mass is 270 g/mol. The lowest BCUT2D eigenvalue weighted by molar-refractivity contribution is -0.139. The molecule has 0 saturated heterocycles. The third-order valence-corrected chi connectivity index (χ3v) is 3.19. The van der Waals surface area contributed by atoms with Crippen molar-refractivity contribution in [1.82, 2.24) is 10.6 Å². The van der Waals surface area contributed by atoms with Gasteiger partial charge in [-0.2, -0.15) is 0 Å². The lowest BCUT2D eigenvalue weighted by Crippen LogP contribution is -2.46. The second-order valence-electron chi connectivity index (χ2n) is 4.43. The summed E-state index contributed by atoms with van der Waals surface area (Å²) in [5.74, 6) is -0.793. The van der Waals surface area contributed by atoms with Crippen LogP contribution in [0.3, 0.4) is 0 Å². The zero-order valence-electron chi connectivity index (χ0n) is 10.5. The number of carboxylic acids is 1. The zero-order chi connectivity index (χ0) is 13.5. The summed E-state index contributed by atoms with van der Waals surface area (Å²) in [5.41, 5.74) is 0. The quantitative estimate of drug-likeness (QED) is 0.740. The average Bonchev–Trinajstić information content (AvgIpc) is 2.77. The van der Waals surface area contributed by atoms with E-state index in [1.807, 2.05) is 31.4 Å². The van der Waals surface area contributed by atoms with Crippen LogP contribution in [0.4, 0.5) is 4.79 Å². The number of aliphatic carboxylic acids is 1. The highest BCUT2D eigenvalue weighted by Crippen LogP contribution is 2.08. The van der Waals surface area contributed by atoms with Crippen LogP contribution in [0.5, 0.6) is 0 Å². The van der Waals surface area contributed by atoms with Crippen LogP contribution in [-0.2, 0) is 11.3 Å². The number of hydrogen-bond donors (Lipinski definition) is 3. The second kappa shape index (κ2) is 7.00. The van der Waals surface area contributed by atoms with Crippen molar-refractivity contribution in [2.45, 2.75) is 32.9 Å². The van der Waals surface area contributed by atoms with Crippen molar-refractivity contribution >= 4 is 23.3 Å². The van der Waals surface area contributed by atoms with E-state index in [1.54, 1.807) is 11.3 Å². The number of carboxylic acid groups (broad SMARTS) is 1. The van der Waals surface area contributed by atoms with Gasteiger partial charge >= 0.3 is 12.0 Å². The fourth-order valence-corrected chi connectivity index (χ4v) is 2.13. The van der Waals surface area contributed by atoms with Gasteiger partial charge in [-0.15, -0.1) is 11.3 Å². The number of nitrogens with one attached hydrogen (secondary N) is 2. The van der Waals surface area contributed by atoms with Crippen molar-refractivity contribution in [2.75, 3.05) is 0 Å². The lowest BCUT2D eigenvalue weighted by atomic mass is 10.0. The van der Waals surface area contributed by atoms with Crippen molar-refractivity contribution in [1.29, 1.82) is 0 Å². The van der Waals surface area contributed by atoms with Gasteiger partial charge in [0, 0.05) is 4.88 Å². The van der Waals surface area contributed by atoms with E-state index in [9.17, 15) is 9.59 Å². The first kappa shape index (κ1) is 14.5. The highest BCUT2D eigenvalue weighted by atomic mass is 32.1. The minimum atomic E-state index is -1.00. The third-order valence-electron chi connectivity index (χ3n) is 2.31. The molecule has 0 saturated carbocycles. The van der Waals surface area contributed by atoms with Gasteiger partial charge in [-0.1, -0.05) is 19.9 Å². The van der Waals surface area contributed by atoms with Crippen LogP contribution in [-0.4, -0.2) is 23.1 Å². The SMILES string of the molecule is CC(C)CC(NC(=O)NCc1cccs1)C(=O)O. The van der Waals surface area contributed by atoms with Crippen LogP contribution in [0.25, 0.3) is 0 Å². The van der Waals surface area contributed by atoms with Crippen molar-refractivity contribution in [2.24, 2.45) is 5.92 Å². The van der Waals surface area contributed by atoms with E-state index in [4.69, 9.17) is 5.11 Å². The summed E-state index contributed by atoms with van der Waals surface area (Å²) in [4.78, 5) is 23.5. The third kappa shape index (κ3) is 5.18. The van der Waals surface area contributed by atoms with Crippen molar-refractivity contribution in [3.05, 3.63) is 22.4 Å². The van der Waals surface area contributed by atoms with Crippen molar-refractivity contribution < 1.29 is 14.7 Å². The van der Waals surface area contributed by atoms with Crippen molar-refractivity contribution in [3.63, 3.8) is 0 Å². The maximum atomic E-state index is 11.6. The van der Waals surface area contributed by atoms with Gasteiger partial charge in [-0.25, -0.2) is 9.59 Å². The van der Waals surface area contributed by atoms with Gasteiger partial charge in [0.15, 0.2) is 0 Å². The molecule has 2 amide bonds. The number of carbonyl (C=O) groups excluding carboxylic acids is 1. The highest BCUT2D eigenvalue weighted by molar-refractivity contribution is 7.09. The molecule has 0 spiro atoms. The standard InChI is InChI=1S/C12H18N2O3S/c1-8(2)6-10(11(15)16)14-12(17)13-7-9-4-3-5-18-9/h3-5,8,10H,6-7H2,1-2H3,(H,15,16)(H2,13,14,17). The molecule has 0 aliphatic heterocycles. The Bertz CT molecular complexity index is 390. The Labute approximate surface area is 110 Å². The molecule has 1 rings (SSSR count). The fraction of sp³-hybridized carbons (Fsp3) is 0.500. The van der Waals surface area contributed by atoms with E-state index < -0.39 is 18.0 Å². The van der Waals surface area contributed by atoms with Crippen LogP contribution >= 0.6 is 11.3 Å². The van der Waals surface area contributed by atoms with Gasteiger partial charge in [-0.05, 0) is 23.8 Å². The van der Waals surface area contributed by atoms with E-state index in [2.05, 4.69) is 10.6 Å². The molecular formula is C12H18N2O3S. The largest absolute Gasteiger partial charge is 0.480 e. The fourth-order valence-electron chi connectivity index (χ4n) is 1.48. The first-order valence-electron chi connectivity index (χ1n) is 5.78. The van der Waals surface area contributed by atoms with E-state index in [1.165, 1.54) is 0 Å². The number of carbonyl (C=O) groups is 2. The minimum absolute atomic E-state index is 0.212. The number of hydrogen-bond acceptors (Lipinski definition) is 3. The summed E-state index contributed by atoms with van der Waals surface area (Å²) in [5, 5.41) is 16.0. The normalized spacial score (nSPS) is 12.2. The minimum Gasteiger partial charge on any atom is -0.480 e. The molecule has 1 atom stereocenters. The molecule has 1 aromatic rings. The first-order valence-corrected chi connectivity index (χ1v) is 6.66. The summed E-state index contributed by atoms with van der Waals surface area (Å²) in [6.07, 6.45) is 0.418. The zero-order valence-corrected chi connectivity index (χ0v) is 11.3. The lowest BCUT2D eigenvalue weighted by Gasteiger charge is -2.16. The molecule has 0 aliphatic rings. The van der Waals surface area contributed by atoms with E-state index in [-0.39, 0.29) is 5.92 Å². The van der Waals surface area contributed by atoms with Crippen LogP contribution in [0.2, 0.25) is 0 Å². The summed E-state index contributed by atoms with van der Waals surface area (Å²) in [6, 6.07) is 2.52. The number of amides is 2. The van der Waals surface area contributed by atoms with Crippen molar-refractivity contribution in [3.8, 4) is 0 Å². The summed E-state index contributed by atoms with van der Waals surface area (Å²) in [7, 11) is 0. The van der Waals surface area contributed by atoms with Gasteiger partial charge in [0.1, 0.15) is 6.04 Å². The van der Waals surface area contributed by atoms with E-state index >= 15 is 0 Å². The molecule has 1 aromatic heterocycles. The molecule has 0 aliphatic carbocycles. The summed E-state index contributed by atoms with van der Waals surface area (Å²) >= 11 is 1.54. The Kier molecular flexibility index (Phi) is 5.64. The summed E-state index contributed by atoms with van der Waals surface area (Å²) < 4.78 is 0. The smallest absolute Gasteiger partial charge is 0.326 e. The topological polar surface area (TPSA) is 78.4 Å². The molecule has 3 N–H and O–H groups in total. The van der Waals surface area contributed by atoms with Gasteiger partial charge in [-0.3, -0.25) is 0 Å². The van der Waals surface area contributed by atoms with Crippen LogP contribution < -0.4 is 10.6 Å². The predicted octanol–water partition coefficient (Wildman–Crippen LogP) is 2.05. The van der Waals surface area contributed by atoms with Gasteiger partial charge in [0.2, 0.25) is 0 Å². The van der Waals surface area contributed by atoms with Gasteiger partial charge in [0.25, 0.3) is 0 Å². The Morgan fingerprint density at radius 1 is 1.44 bits per heavy atom. The molecular weight excluding hydrogens is 252 g/mol.